The van der Waals surface area contributed by atoms with Gasteiger partial charge in [-0.05, 0) is 79.9 Å². The first-order chi connectivity index (χ1) is 10.7. The number of fused-ring (bicyclic) bond motifs is 1. The zero-order chi connectivity index (χ0) is 15.4. The van der Waals surface area contributed by atoms with Gasteiger partial charge in [-0.1, -0.05) is 44.7 Å². The second kappa shape index (κ2) is 7.62. The third-order valence-electron chi connectivity index (χ3n) is 6.28. The summed E-state index contributed by atoms with van der Waals surface area (Å²) in [6.07, 6.45) is 14.1. The molecule has 122 valence electrons. The number of aryl methyl sites for hydroxylation is 1. The lowest BCUT2D eigenvalue weighted by Gasteiger charge is -2.42. The van der Waals surface area contributed by atoms with Gasteiger partial charge in [-0.3, -0.25) is 0 Å². The fourth-order valence-electron chi connectivity index (χ4n) is 5.04. The minimum atomic E-state index is -0.118. The molecule has 2 aliphatic carbocycles. The second-order valence-electron chi connectivity index (χ2n) is 7.83. The van der Waals surface area contributed by atoms with E-state index in [9.17, 15) is 4.39 Å². The van der Waals surface area contributed by atoms with Crippen molar-refractivity contribution in [2.24, 2.45) is 23.7 Å². The van der Waals surface area contributed by atoms with Crippen LogP contribution in [0.4, 0.5) is 4.39 Å². The van der Waals surface area contributed by atoms with Crippen LogP contribution in [-0.2, 0) is 6.42 Å². The van der Waals surface area contributed by atoms with Crippen LogP contribution in [0.3, 0.4) is 0 Å². The normalized spacial score (nSPS) is 31.7. The third-order valence-corrected chi connectivity index (χ3v) is 6.28. The second-order valence-corrected chi connectivity index (χ2v) is 7.83. The molecule has 4 unspecified atom stereocenters. The molecule has 0 amide bonds. The Bertz CT molecular complexity index is 449. The van der Waals surface area contributed by atoms with Gasteiger partial charge in [-0.15, -0.1) is 0 Å². The van der Waals surface area contributed by atoms with E-state index in [2.05, 4.69) is 6.92 Å². The molecule has 1 heteroatoms. The Morgan fingerprint density at radius 3 is 2.05 bits per heavy atom. The van der Waals surface area contributed by atoms with Crippen molar-refractivity contribution >= 4 is 0 Å². The number of rotatable bonds is 5. The van der Waals surface area contributed by atoms with Crippen LogP contribution in [0.15, 0.2) is 24.3 Å². The van der Waals surface area contributed by atoms with E-state index < -0.39 is 0 Å². The molecule has 1 aromatic rings. The Morgan fingerprint density at radius 1 is 0.864 bits per heavy atom. The van der Waals surface area contributed by atoms with Gasteiger partial charge in [0.05, 0.1) is 0 Å². The lowest BCUT2D eigenvalue weighted by molar-refractivity contribution is 0.0921. The molecule has 0 saturated heterocycles. The highest BCUT2D eigenvalue weighted by Gasteiger charge is 2.34. The van der Waals surface area contributed by atoms with Gasteiger partial charge < -0.3 is 0 Å². The van der Waals surface area contributed by atoms with Crippen molar-refractivity contribution in [1.29, 1.82) is 0 Å². The van der Waals surface area contributed by atoms with E-state index in [0.717, 1.165) is 30.1 Å². The predicted octanol–water partition coefficient (Wildman–Crippen LogP) is 6.39. The third kappa shape index (κ3) is 4.12. The summed E-state index contributed by atoms with van der Waals surface area (Å²) in [6.45, 7) is 2.33. The molecule has 2 aliphatic rings. The van der Waals surface area contributed by atoms with Crippen LogP contribution in [0.1, 0.15) is 70.3 Å². The van der Waals surface area contributed by atoms with Crippen molar-refractivity contribution in [3.63, 3.8) is 0 Å². The van der Waals surface area contributed by atoms with Crippen molar-refractivity contribution < 1.29 is 4.39 Å². The number of hydrogen-bond donors (Lipinski definition) is 0. The van der Waals surface area contributed by atoms with Crippen molar-refractivity contribution in [2.75, 3.05) is 0 Å². The monoisotopic (exact) mass is 302 g/mol. The molecule has 0 radical (unpaired) electrons. The van der Waals surface area contributed by atoms with E-state index in [1.807, 2.05) is 12.1 Å². The van der Waals surface area contributed by atoms with Crippen molar-refractivity contribution in [3.05, 3.63) is 35.6 Å². The lowest BCUT2D eigenvalue weighted by atomic mass is 9.63. The maximum Gasteiger partial charge on any atom is 0.123 e. The van der Waals surface area contributed by atoms with Crippen LogP contribution < -0.4 is 0 Å². The molecule has 0 nitrogen and oxygen atoms in total. The SMILES string of the molecule is CCCC1CCC2CC(CCc3ccc(F)cc3)CCC2C1. The molecule has 2 fully saturated rings. The summed E-state index contributed by atoms with van der Waals surface area (Å²) in [6, 6.07) is 7.11. The van der Waals surface area contributed by atoms with E-state index in [4.69, 9.17) is 0 Å². The minimum Gasteiger partial charge on any atom is -0.207 e. The van der Waals surface area contributed by atoms with Crippen molar-refractivity contribution in [3.8, 4) is 0 Å². The number of benzene rings is 1. The molecule has 0 spiro atoms. The quantitative estimate of drug-likeness (QED) is 0.591. The average molecular weight is 302 g/mol. The number of halogens is 1. The molecule has 4 atom stereocenters. The highest BCUT2D eigenvalue weighted by atomic mass is 19.1. The molecule has 3 rings (SSSR count). The molecule has 0 bridgehead atoms. The van der Waals surface area contributed by atoms with Gasteiger partial charge in [0.2, 0.25) is 0 Å². The van der Waals surface area contributed by atoms with Gasteiger partial charge in [0.15, 0.2) is 0 Å². The number of hydrogen-bond acceptors (Lipinski definition) is 0. The summed E-state index contributed by atoms with van der Waals surface area (Å²) in [7, 11) is 0. The molecular weight excluding hydrogens is 271 g/mol. The summed E-state index contributed by atoms with van der Waals surface area (Å²) in [5.74, 6) is 3.87. The fourth-order valence-corrected chi connectivity index (χ4v) is 5.04. The van der Waals surface area contributed by atoms with Crippen LogP contribution in [0, 0.1) is 29.5 Å². The highest BCUT2D eigenvalue weighted by molar-refractivity contribution is 5.16. The van der Waals surface area contributed by atoms with E-state index in [1.54, 1.807) is 12.1 Å². The summed E-state index contributed by atoms with van der Waals surface area (Å²) in [5, 5.41) is 0. The smallest absolute Gasteiger partial charge is 0.123 e. The predicted molar refractivity (Wildman–Crippen MR) is 91.3 cm³/mol. The molecule has 0 N–H and O–H groups in total. The van der Waals surface area contributed by atoms with E-state index in [-0.39, 0.29) is 5.82 Å². The zero-order valence-electron chi connectivity index (χ0n) is 14.1. The summed E-state index contributed by atoms with van der Waals surface area (Å²) >= 11 is 0. The Labute approximate surface area is 135 Å². The standard InChI is InChI=1S/C21H31F/c1-2-3-17-6-10-20-15-18(7-11-19(20)14-17)5-4-16-8-12-21(22)13-9-16/h8-9,12-13,17-20H,2-7,10-11,14-15H2,1H3. The molecule has 0 aliphatic heterocycles. The summed E-state index contributed by atoms with van der Waals surface area (Å²) < 4.78 is 13.0. The first kappa shape index (κ1) is 16.0. The maximum atomic E-state index is 13.0. The Kier molecular flexibility index (Phi) is 5.55. The first-order valence-electron chi connectivity index (χ1n) is 9.49. The van der Waals surface area contributed by atoms with Crippen LogP contribution >= 0.6 is 0 Å². The summed E-state index contributed by atoms with van der Waals surface area (Å²) in [4.78, 5) is 0. The average Bonchev–Trinajstić information content (AvgIpc) is 2.54. The van der Waals surface area contributed by atoms with Gasteiger partial charge in [-0.25, -0.2) is 4.39 Å². The van der Waals surface area contributed by atoms with Gasteiger partial charge in [0.1, 0.15) is 5.82 Å². The molecule has 0 heterocycles. The Balaban J connectivity index is 1.45. The lowest BCUT2D eigenvalue weighted by Crippen LogP contribution is -2.31. The van der Waals surface area contributed by atoms with Gasteiger partial charge in [0, 0.05) is 0 Å². The van der Waals surface area contributed by atoms with Crippen LogP contribution in [0.25, 0.3) is 0 Å². The maximum absolute atomic E-state index is 13.0. The van der Waals surface area contributed by atoms with Crippen LogP contribution in [-0.4, -0.2) is 0 Å². The Morgan fingerprint density at radius 2 is 1.45 bits per heavy atom. The molecule has 2 saturated carbocycles. The summed E-state index contributed by atoms with van der Waals surface area (Å²) in [5.41, 5.74) is 1.30. The molecule has 0 aromatic heterocycles. The fraction of sp³-hybridized carbons (Fsp3) is 0.714. The minimum absolute atomic E-state index is 0.118. The molecule has 22 heavy (non-hydrogen) atoms. The first-order valence-corrected chi connectivity index (χ1v) is 9.49. The highest BCUT2D eigenvalue weighted by Crippen LogP contribution is 2.46. The molecular formula is C21H31F. The van der Waals surface area contributed by atoms with E-state index in [1.165, 1.54) is 63.4 Å². The van der Waals surface area contributed by atoms with Crippen LogP contribution in [0.5, 0.6) is 0 Å². The zero-order valence-corrected chi connectivity index (χ0v) is 14.1. The van der Waals surface area contributed by atoms with E-state index in [0.29, 0.717) is 0 Å². The van der Waals surface area contributed by atoms with Gasteiger partial charge in [0.25, 0.3) is 0 Å². The molecule has 1 aromatic carbocycles. The van der Waals surface area contributed by atoms with Gasteiger partial charge in [-0.2, -0.15) is 0 Å². The topological polar surface area (TPSA) is 0 Å². The van der Waals surface area contributed by atoms with Gasteiger partial charge >= 0.3 is 0 Å². The largest absolute Gasteiger partial charge is 0.207 e. The van der Waals surface area contributed by atoms with E-state index >= 15 is 0 Å². The van der Waals surface area contributed by atoms with Crippen molar-refractivity contribution in [1.82, 2.24) is 0 Å². The van der Waals surface area contributed by atoms with Crippen molar-refractivity contribution in [2.45, 2.75) is 71.1 Å². The Hall–Kier alpha value is -0.850. The van der Waals surface area contributed by atoms with Crippen LogP contribution in [0.2, 0.25) is 0 Å².